The van der Waals surface area contributed by atoms with E-state index in [2.05, 4.69) is 5.32 Å². The number of carbonyl (C=O) groups is 2. The molecule has 1 heterocycles. The normalized spacial score (nSPS) is 16.2. The summed E-state index contributed by atoms with van der Waals surface area (Å²) in [6.07, 6.45) is 1.55. The van der Waals surface area contributed by atoms with Crippen LogP contribution in [0.1, 0.15) is 28.8 Å². The van der Waals surface area contributed by atoms with Crippen molar-refractivity contribution >= 4 is 11.8 Å². The SMILES string of the molecule is CNC(=O)C1CCCN(C(=O)c2ccc(Oc3cccc(F)c3C#N)cc2)C1. The molecule has 0 bridgehead atoms. The molecule has 1 aliphatic rings. The van der Waals surface area contributed by atoms with Gasteiger partial charge in [0.15, 0.2) is 0 Å². The van der Waals surface area contributed by atoms with Crippen molar-refractivity contribution < 1.29 is 18.7 Å². The van der Waals surface area contributed by atoms with Gasteiger partial charge in [-0.2, -0.15) is 5.26 Å². The summed E-state index contributed by atoms with van der Waals surface area (Å²) in [5.74, 6) is -0.537. The lowest BCUT2D eigenvalue weighted by Crippen LogP contribution is -2.44. The van der Waals surface area contributed by atoms with Crippen LogP contribution in [0.25, 0.3) is 0 Å². The van der Waals surface area contributed by atoms with Gasteiger partial charge in [0.2, 0.25) is 5.91 Å². The van der Waals surface area contributed by atoms with Crippen LogP contribution in [0.3, 0.4) is 0 Å². The minimum absolute atomic E-state index is 0.0513. The molecule has 7 heteroatoms. The van der Waals surface area contributed by atoms with Gasteiger partial charge in [0.05, 0.1) is 5.92 Å². The van der Waals surface area contributed by atoms with Crippen molar-refractivity contribution in [3.63, 3.8) is 0 Å². The van der Waals surface area contributed by atoms with Gasteiger partial charge in [-0.05, 0) is 49.2 Å². The number of hydrogen-bond acceptors (Lipinski definition) is 4. The van der Waals surface area contributed by atoms with Crippen molar-refractivity contribution in [1.82, 2.24) is 10.2 Å². The lowest BCUT2D eigenvalue weighted by molar-refractivity contribution is -0.125. The number of rotatable bonds is 4. The molecule has 0 saturated carbocycles. The van der Waals surface area contributed by atoms with E-state index in [0.717, 1.165) is 12.8 Å². The zero-order valence-corrected chi connectivity index (χ0v) is 15.4. The molecule has 1 unspecified atom stereocenters. The van der Waals surface area contributed by atoms with Crippen LogP contribution in [-0.2, 0) is 4.79 Å². The van der Waals surface area contributed by atoms with Crippen LogP contribution in [0.2, 0.25) is 0 Å². The van der Waals surface area contributed by atoms with Gasteiger partial charge in [0.1, 0.15) is 28.9 Å². The maximum absolute atomic E-state index is 13.7. The third-order valence-electron chi connectivity index (χ3n) is 4.74. The maximum atomic E-state index is 13.7. The molecule has 2 aromatic carbocycles. The molecule has 1 saturated heterocycles. The molecule has 1 N–H and O–H groups in total. The quantitative estimate of drug-likeness (QED) is 0.882. The first-order valence-corrected chi connectivity index (χ1v) is 9.01. The van der Waals surface area contributed by atoms with Gasteiger partial charge in [-0.15, -0.1) is 0 Å². The lowest BCUT2D eigenvalue weighted by Gasteiger charge is -2.31. The Balaban J connectivity index is 1.71. The standard InChI is InChI=1S/C21H20FN3O3/c1-24-20(26)15-4-3-11-25(13-15)21(27)14-7-9-16(10-8-14)28-19-6-2-5-18(22)17(19)12-23/h2,5-10,15H,3-4,11,13H2,1H3,(H,24,26). The van der Waals surface area contributed by atoms with Gasteiger partial charge < -0.3 is 15.0 Å². The molecule has 0 spiro atoms. The number of piperidine rings is 1. The number of ether oxygens (including phenoxy) is 1. The molecule has 28 heavy (non-hydrogen) atoms. The van der Waals surface area contributed by atoms with Gasteiger partial charge in [-0.3, -0.25) is 9.59 Å². The monoisotopic (exact) mass is 381 g/mol. The second kappa shape index (κ2) is 8.53. The van der Waals surface area contributed by atoms with E-state index in [1.165, 1.54) is 18.2 Å². The summed E-state index contributed by atoms with van der Waals surface area (Å²) < 4.78 is 19.2. The van der Waals surface area contributed by atoms with E-state index in [-0.39, 0.29) is 29.0 Å². The van der Waals surface area contributed by atoms with E-state index < -0.39 is 5.82 Å². The first-order valence-electron chi connectivity index (χ1n) is 9.01. The Labute approximate surface area is 162 Å². The predicted octanol–water partition coefficient (Wildman–Crippen LogP) is 3.09. The molecule has 3 rings (SSSR count). The number of hydrogen-bond donors (Lipinski definition) is 1. The first kappa shape index (κ1) is 19.4. The molecule has 2 aromatic rings. The maximum Gasteiger partial charge on any atom is 0.253 e. The van der Waals surface area contributed by atoms with Crippen LogP contribution >= 0.6 is 0 Å². The van der Waals surface area contributed by atoms with E-state index in [1.54, 1.807) is 42.3 Å². The van der Waals surface area contributed by atoms with Gasteiger partial charge >= 0.3 is 0 Å². The highest BCUT2D eigenvalue weighted by Crippen LogP contribution is 2.27. The summed E-state index contributed by atoms with van der Waals surface area (Å²) in [5.41, 5.74) is 0.306. The summed E-state index contributed by atoms with van der Waals surface area (Å²) in [6.45, 7) is 1.00. The van der Waals surface area contributed by atoms with Crippen LogP contribution in [-0.4, -0.2) is 36.9 Å². The molecular formula is C21H20FN3O3. The van der Waals surface area contributed by atoms with E-state index in [4.69, 9.17) is 10.00 Å². The summed E-state index contributed by atoms with van der Waals surface area (Å²) in [4.78, 5) is 26.3. The molecule has 6 nitrogen and oxygen atoms in total. The Morgan fingerprint density at radius 1 is 1.25 bits per heavy atom. The van der Waals surface area contributed by atoms with Crippen molar-refractivity contribution in [2.75, 3.05) is 20.1 Å². The Morgan fingerprint density at radius 2 is 2.00 bits per heavy atom. The van der Waals surface area contributed by atoms with Crippen LogP contribution in [0.5, 0.6) is 11.5 Å². The Bertz CT molecular complexity index is 921. The highest BCUT2D eigenvalue weighted by atomic mass is 19.1. The zero-order valence-electron chi connectivity index (χ0n) is 15.4. The number of halogens is 1. The van der Waals surface area contributed by atoms with E-state index in [1.807, 2.05) is 0 Å². The molecule has 2 amide bonds. The topological polar surface area (TPSA) is 82.4 Å². The fourth-order valence-electron chi connectivity index (χ4n) is 3.25. The zero-order chi connectivity index (χ0) is 20.1. The predicted molar refractivity (Wildman–Crippen MR) is 100 cm³/mol. The summed E-state index contributed by atoms with van der Waals surface area (Å²) in [6, 6.07) is 12.4. The second-order valence-electron chi connectivity index (χ2n) is 6.56. The lowest BCUT2D eigenvalue weighted by atomic mass is 9.96. The number of benzene rings is 2. The number of amides is 2. The van der Waals surface area contributed by atoms with E-state index >= 15 is 0 Å². The number of likely N-dealkylation sites (tertiary alicyclic amines) is 1. The molecule has 0 radical (unpaired) electrons. The number of nitrogens with one attached hydrogen (secondary N) is 1. The molecule has 0 aromatic heterocycles. The number of carbonyl (C=O) groups excluding carboxylic acids is 2. The Morgan fingerprint density at radius 3 is 2.68 bits per heavy atom. The van der Waals surface area contributed by atoms with E-state index in [9.17, 15) is 14.0 Å². The Kier molecular flexibility index (Phi) is 5.90. The molecule has 1 fully saturated rings. The highest BCUT2D eigenvalue weighted by Gasteiger charge is 2.28. The first-order chi connectivity index (χ1) is 13.5. The van der Waals surface area contributed by atoms with Gasteiger partial charge in [-0.1, -0.05) is 6.07 Å². The average molecular weight is 381 g/mol. The smallest absolute Gasteiger partial charge is 0.253 e. The molecule has 1 atom stereocenters. The van der Waals surface area contributed by atoms with Crippen molar-refractivity contribution in [2.24, 2.45) is 5.92 Å². The average Bonchev–Trinajstić information content (AvgIpc) is 2.73. The van der Waals surface area contributed by atoms with Crippen molar-refractivity contribution in [3.8, 4) is 17.6 Å². The Hall–Kier alpha value is -3.40. The van der Waals surface area contributed by atoms with Gasteiger partial charge in [0, 0.05) is 25.7 Å². The summed E-state index contributed by atoms with van der Waals surface area (Å²) in [7, 11) is 1.60. The van der Waals surface area contributed by atoms with Crippen LogP contribution in [0.15, 0.2) is 42.5 Å². The number of nitrogens with zero attached hydrogens (tertiary/aromatic N) is 2. The van der Waals surface area contributed by atoms with Crippen LogP contribution < -0.4 is 10.1 Å². The fourth-order valence-corrected chi connectivity index (χ4v) is 3.25. The molecule has 144 valence electrons. The van der Waals surface area contributed by atoms with E-state index in [0.29, 0.717) is 24.4 Å². The minimum Gasteiger partial charge on any atom is -0.456 e. The molecule has 0 aliphatic carbocycles. The largest absolute Gasteiger partial charge is 0.456 e. The van der Waals surface area contributed by atoms with Crippen molar-refractivity contribution in [1.29, 1.82) is 5.26 Å². The molecule has 1 aliphatic heterocycles. The van der Waals surface area contributed by atoms with Crippen LogP contribution in [0.4, 0.5) is 4.39 Å². The second-order valence-corrected chi connectivity index (χ2v) is 6.56. The number of nitriles is 1. The van der Waals surface area contributed by atoms with Crippen molar-refractivity contribution in [3.05, 3.63) is 59.4 Å². The third kappa shape index (κ3) is 4.12. The highest BCUT2D eigenvalue weighted by molar-refractivity contribution is 5.94. The van der Waals surface area contributed by atoms with Gasteiger partial charge in [0.25, 0.3) is 5.91 Å². The summed E-state index contributed by atoms with van der Waals surface area (Å²) in [5, 5.41) is 11.7. The van der Waals surface area contributed by atoms with Crippen molar-refractivity contribution in [2.45, 2.75) is 12.8 Å². The third-order valence-corrected chi connectivity index (χ3v) is 4.74. The molecular weight excluding hydrogens is 361 g/mol. The summed E-state index contributed by atoms with van der Waals surface area (Å²) >= 11 is 0. The van der Waals surface area contributed by atoms with Crippen LogP contribution in [0, 0.1) is 23.1 Å². The fraction of sp³-hybridized carbons (Fsp3) is 0.286. The minimum atomic E-state index is -0.650. The van der Waals surface area contributed by atoms with Gasteiger partial charge in [-0.25, -0.2) is 4.39 Å².